The number of piperazine rings is 1. The van der Waals surface area contributed by atoms with Crippen LogP contribution in [0.2, 0.25) is 0 Å². The number of rotatable bonds is 5. The maximum Gasteiger partial charge on any atom is 0.416 e. The second kappa shape index (κ2) is 10.3. The van der Waals surface area contributed by atoms with E-state index in [1.165, 1.54) is 6.20 Å². The average molecular weight is 509 g/mol. The number of nitrogens with one attached hydrogen (secondary N) is 1. The Morgan fingerprint density at radius 1 is 1.14 bits per heavy atom. The zero-order valence-electron chi connectivity index (χ0n) is 20.7. The van der Waals surface area contributed by atoms with E-state index in [0.717, 1.165) is 38.2 Å². The number of alkyl halides is 3. The molecule has 3 saturated heterocycles. The van der Waals surface area contributed by atoms with Gasteiger partial charge < -0.3 is 24.6 Å². The molecule has 1 N–H and O–H groups in total. The van der Waals surface area contributed by atoms with E-state index in [2.05, 4.69) is 29.4 Å². The highest BCUT2D eigenvalue weighted by Crippen LogP contribution is 2.45. The zero-order valence-corrected chi connectivity index (χ0v) is 20.7. The van der Waals surface area contributed by atoms with E-state index < -0.39 is 17.2 Å². The number of anilines is 1. The van der Waals surface area contributed by atoms with Gasteiger partial charge in [-0.05, 0) is 37.3 Å². The fourth-order valence-corrected chi connectivity index (χ4v) is 6.08. The van der Waals surface area contributed by atoms with Gasteiger partial charge in [-0.25, -0.2) is 4.98 Å². The van der Waals surface area contributed by atoms with Crippen molar-refractivity contribution < 1.29 is 27.4 Å². The van der Waals surface area contributed by atoms with E-state index in [1.54, 1.807) is 0 Å². The third-order valence-electron chi connectivity index (χ3n) is 8.27. The maximum atomic E-state index is 14.0. The molecule has 0 radical (unpaired) electrons. The minimum Gasteiger partial charge on any atom is -0.381 e. The maximum absolute atomic E-state index is 14.0. The molecule has 5 rings (SSSR count). The molecule has 4 aliphatic rings. The second-order valence-corrected chi connectivity index (χ2v) is 10.6. The molecule has 36 heavy (non-hydrogen) atoms. The number of amides is 1. The first-order chi connectivity index (χ1) is 17.3. The van der Waals surface area contributed by atoms with Crippen molar-refractivity contribution >= 4 is 11.7 Å². The number of nitrogens with zero attached hydrogens (tertiary/aromatic N) is 3. The van der Waals surface area contributed by atoms with Crippen LogP contribution in [0.25, 0.3) is 0 Å². The van der Waals surface area contributed by atoms with Crippen LogP contribution in [0.4, 0.5) is 19.0 Å². The van der Waals surface area contributed by atoms with E-state index in [1.807, 2.05) is 9.80 Å². The van der Waals surface area contributed by atoms with Gasteiger partial charge in [0.2, 0.25) is 5.91 Å². The molecule has 3 aliphatic heterocycles. The van der Waals surface area contributed by atoms with Gasteiger partial charge in [0.25, 0.3) is 0 Å². The van der Waals surface area contributed by atoms with E-state index >= 15 is 0 Å². The normalized spacial score (nSPS) is 33.3. The standard InChI is InChI=1S/C26H35F3N4O3/c1-18-16-35-13-5-22(18)31-21-2-6-25(15-21,20-4-12-36-17-20)24(34)33-10-8-32(9-11-33)23-14-19(3-7-30-23)26(27,28)29/h2-3,6-7,14,18,20-22,31H,4-5,8-13,15-17H2,1H3/t18?,20?,21-,22?,25+/m1/s1. The van der Waals surface area contributed by atoms with Gasteiger partial charge >= 0.3 is 6.18 Å². The van der Waals surface area contributed by atoms with Crippen LogP contribution >= 0.6 is 0 Å². The van der Waals surface area contributed by atoms with Gasteiger partial charge in [0, 0.05) is 63.6 Å². The number of hydrogen-bond acceptors (Lipinski definition) is 6. The Morgan fingerprint density at radius 3 is 2.58 bits per heavy atom. The lowest BCUT2D eigenvalue weighted by atomic mass is 9.72. The van der Waals surface area contributed by atoms with Crippen LogP contribution in [0.1, 0.15) is 31.7 Å². The minimum atomic E-state index is -4.41. The molecule has 0 aromatic carbocycles. The molecule has 0 bridgehead atoms. The van der Waals surface area contributed by atoms with Crippen molar-refractivity contribution in [3.8, 4) is 0 Å². The quantitative estimate of drug-likeness (QED) is 0.617. The van der Waals surface area contributed by atoms with Gasteiger partial charge in [-0.15, -0.1) is 0 Å². The summed E-state index contributed by atoms with van der Waals surface area (Å²) in [6.07, 6.45) is 3.57. The van der Waals surface area contributed by atoms with Crippen LogP contribution in [-0.2, 0) is 20.4 Å². The summed E-state index contributed by atoms with van der Waals surface area (Å²) in [4.78, 5) is 21.9. The Balaban J connectivity index is 1.26. The number of hydrogen-bond donors (Lipinski definition) is 1. The first-order valence-electron chi connectivity index (χ1n) is 12.9. The molecule has 198 valence electrons. The van der Waals surface area contributed by atoms with Gasteiger partial charge in [-0.1, -0.05) is 19.1 Å². The molecule has 5 atom stereocenters. The highest BCUT2D eigenvalue weighted by molar-refractivity contribution is 5.86. The summed E-state index contributed by atoms with van der Waals surface area (Å²) < 4.78 is 50.7. The summed E-state index contributed by atoms with van der Waals surface area (Å²) in [6, 6.07) is 2.55. The number of pyridine rings is 1. The highest BCUT2D eigenvalue weighted by Gasteiger charge is 2.51. The molecule has 0 saturated carbocycles. The Kier molecular flexibility index (Phi) is 7.29. The van der Waals surface area contributed by atoms with Crippen molar-refractivity contribution in [2.45, 2.75) is 44.4 Å². The topological polar surface area (TPSA) is 66.9 Å². The molecular formula is C26H35F3N4O3. The lowest BCUT2D eigenvalue weighted by molar-refractivity contribution is -0.143. The third kappa shape index (κ3) is 5.13. The Bertz CT molecular complexity index is 960. The number of carbonyl (C=O) groups is 1. The average Bonchev–Trinajstić information content (AvgIpc) is 3.56. The van der Waals surface area contributed by atoms with E-state index in [9.17, 15) is 18.0 Å². The minimum absolute atomic E-state index is 0.107. The molecule has 0 spiro atoms. The van der Waals surface area contributed by atoms with Crippen LogP contribution in [0.15, 0.2) is 30.5 Å². The molecule has 4 heterocycles. The fourth-order valence-electron chi connectivity index (χ4n) is 6.08. The molecule has 10 heteroatoms. The van der Waals surface area contributed by atoms with Gasteiger partial charge in [-0.2, -0.15) is 13.2 Å². The van der Waals surface area contributed by atoms with Crippen molar-refractivity contribution in [2.75, 3.05) is 57.5 Å². The molecular weight excluding hydrogens is 473 g/mol. The van der Waals surface area contributed by atoms with Crippen LogP contribution < -0.4 is 10.2 Å². The summed E-state index contributed by atoms with van der Waals surface area (Å²) in [5.41, 5.74) is -1.32. The van der Waals surface area contributed by atoms with Gasteiger partial charge in [-0.3, -0.25) is 4.79 Å². The summed E-state index contributed by atoms with van der Waals surface area (Å²) in [6.45, 7) is 6.73. The Morgan fingerprint density at radius 2 is 1.89 bits per heavy atom. The van der Waals surface area contributed by atoms with Crippen molar-refractivity contribution in [1.82, 2.24) is 15.2 Å². The Hall–Kier alpha value is -2.17. The van der Waals surface area contributed by atoms with Gasteiger partial charge in [0.1, 0.15) is 5.82 Å². The van der Waals surface area contributed by atoms with E-state index in [-0.39, 0.29) is 17.9 Å². The lowest BCUT2D eigenvalue weighted by Crippen LogP contribution is -2.55. The van der Waals surface area contributed by atoms with Gasteiger partial charge in [0.05, 0.1) is 24.2 Å². The SMILES string of the molecule is CC1COCCC1N[C@@H]1C=C[C@@](C(=O)N2CCN(c3cc(C(F)(F)F)ccn3)CC2)(C2CCOC2)C1. The number of halogens is 3. The summed E-state index contributed by atoms with van der Waals surface area (Å²) in [7, 11) is 0. The molecule has 7 nitrogen and oxygen atoms in total. The molecule has 1 amide bonds. The number of ether oxygens (including phenoxy) is 2. The summed E-state index contributed by atoms with van der Waals surface area (Å²) >= 11 is 0. The van der Waals surface area contributed by atoms with E-state index in [0.29, 0.717) is 63.6 Å². The van der Waals surface area contributed by atoms with Crippen LogP contribution in [-0.4, -0.2) is 80.5 Å². The largest absolute Gasteiger partial charge is 0.416 e. The highest BCUT2D eigenvalue weighted by atomic mass is 19.4. The Labute approximate surface area is 210 Å². The van der Waals surface area contributed by atoms with Crippen molar-refractivity contribution in [1.29, 1.82) is 0 Å². The monoisotopic (exact) mass is 508 g/mol. The first-order valence-corrected chi connectivity index (χ1v) is 12.9. The van der Waals surface area contributed by atoms with Crippen LogP contribution in [0, 0.1) is 17.3 Å². The molecule has 1 aliphatic carbocycles. The first kappa shape index (κ1) is 25.5. The van der Waals surface area contributed by atoms with Crippen LogP contribution in [0.5, 0.6) is 0 Å². The smallest absolute Gasteiger partial charge is 0.381 e. The van der Waals surface area contributed by atoms with Crippen LogP contribution in [0.3, 0.4) is 0 Å². The predicted octanol–water partition coefficient (Wildman–Crippen LogP) is 3.12. The van der Waals surface area contributed by atoms with Crippen molar-refractivity contribution in [3.05, 3.63) is 36.0 Å². The molecule has 1 aromatic heterocycles. The molecule has 3 fully saturated rings. The predicted molar refractivity (Wildman–Crippen MR) is 128 cm³/mol. The van der Waals surface area contributed by atoms with Gasteiger partial charge in [0.15, 0.2) is 0 Å². The number of aromatic nitrogens is 1. The fraction of sp³-hybridized carbons (Fsp3) is 0.692. The number of carbonyl (C=O) groups excluding carboxylic acids is 1. The second-order valence-electron chi connectivity index (χ2n) is 10.6. The molecule has 3 unspecified atom stereocenters. The lowest BCUT2D eigenvalue weighted by Gasteiger charge is -2.42. The third-order valence-corrected chi connectivity index (χ3v) is 8.27. The molecule has 1 aromatic rings. The van der Waals surface area contributed by atoms with E-state index in [4.69, 9.17) is 9.47 Å². The summed E-state index contributed by atoms with van der Waals surface area (Å²) in [5.74, 6) is 0.954. The van der Waals surface area contributed by atoms with Crippen molar-refractivity contribution in [2.24, 2.45) is 17.3 Å². The zero-order chi connectivity index (χ0) is 25.3. The summed E-state index contributed by atoms with van der Waals surface area (Å²) in [5, 5.41) is 3.76. The van der Waals surface area contributed by atoms with Crippen molar-refractivity contribution in [3.63, 3.8) is 0 Å².